The third-order valence-corrected chi connectivity index (χ3v) is 1.68. The standard InChI is InChI=1S/C7H12F5NO/c1-4(13)5(2)14-3-6(8,9)7(10,11)12/h4-5H,3,13H2,1-2H3/t4-,5?/m1/s1. The monoisotopic (exact) mass is 221 g/mol. The van der Waals surface area contributed by atoms with Gasteiger partial charge in [-0.15, -0.1) is 0 Å². The topological polar surface area (TPSA) is 35.2 Å². The first-order valence-corrected chi connectivity index (χ1v) is 3.89. The largest absolute Gasteiger partial charge is 0.455 e. The van der Waals surface area contributed by atoms with Crippen molar-refractivity contribution in [2.24, 2.45) is 5.73 Å². The van der Waals surface area contributed by atoms with E-state index in [1.807, 2.05) is 0 Å². The molecule has 1 unspecified atom stereocenters. The first-order valence-electron chi connectivity index (χ1n) is 3.89. The Kier molecular flexibility index (Phi) is 4.26. The van der Waals surface area contributed by atoms with Gasteiger partial charge in [0.25, 0.3) is 0 Å². The Labute approximate surface area is 78.2 Å². The maximum Gasteiger partial charge on any atom is 0.455 e. The molecular weight excluding hydrogens is 209 g/mol. The summed E-state index contributed by atoms with van der Waals surface area (Å²) in [6.45, 7) is 1.09. The van der Waals surface area contributed by atoms with E-state index >= 15 is 0 Å². The summed E-state index contributed by atoms with van der Waals surface area (Å²) in [6.07, 6.45) is -6.42. The second-order valence-corrected chi connectivity index (χ2v) is 3.08. The Morgan fingerprint density at radius 1 is 1.14 bits per heavy atom. The molecule has 14 heavy (non-hydrogen) atoms. The van der Waals surface area contributed by atoms with Gasteiger partial charge in [-0.3, -0.25) is 0 Å². The normalized spacial score (nSPS) is 18.0. The van der Waals surface area contributed by atoms with Gasteiger partial charge < -0.3 is 10.5 Å². The van der Waals surface area contributed by atoms with Crippen LogP contribution in [0.2, 0.25) is 0 Å². The summed E-state index contributed by atoms with van der Waals surface area (Å²) in [5.41, 5.74) is 5.22. The molecule has 0 spiro atoms. The highest BCUT2D eigenvalue weighted by Crippen LogP contribution is 2.35. The lowest BCUT2D eigenvalue weighted by atomic mass is 10.2. The third kappa shape index (κ3) is 3.75. The minimum atomic E-state index is -5.58. The Bertz CT molecular complexity index is 179. The van der Waals surface area contributed by atoms with Gasteiger partial charge in [-0.25, -0.2) is 0 Å². The van der Waals surface area contributed by atoms with Gasteiger partial charge in [-0.1, -0.05) is 0 Å². The fraction of sp³-hybridized carbons (Fsp3) is 1.00. The SMILES string of the molecule is CC(OCC(F)(F)C(F)(F)F)[C@@H](C)N. The van der Waals surface area contributed by atoms with Crippen molar-refractivity contribution in [3.05, 3.63) is 0 Å². The van der Waals surface area contributed by atoms with Crippen LogP contribution in [0, 0.1) is 0 Å². The minimum absolute atomic E-state index is 0.598. The molecule has 0 aromatic heterocycles. The summed E-state index contributed by atoms with van der Waals surface area (Å²) in [5, 5.41) is 0. The highest BCUT2D eigenvalue weighted by atomic mass is 19.4. The van der Waals surface area contributed by atoms with Crippen LogP contribution in [0.4, 0.5) is 22.0 Å². The van der Waals surface area contributed by atoms with E-state index in [0.29, 0.717) is 0 Å². The fourth-order valence-corrected chi connectivity index (χ4v) is 0.470. The average molecular weight is 221 g/mol. The molecule has 7 heteroatoms. The fourth-order valence-electron chi connectivity index (χ4n) is 0.470. The zero-order valence-electron chi connectivity index (χ0n) is 7.74. The number of ether oxygens (including phenoxy) is 1. The highest BCUT2D eigenvalue weighted by Gasteiger charge is 2.57. The minimum Gasteiger partial charge on any atom is -0.370 e. The Hall–Kier alpha value is -0.430. The van der Waals surface area contributed by atoms with Crippen molar-refractivity contribution in [2.45, 2.75) is 38.1 Å². The number of hydrogen-bond donors (Lipinski definition) is 1. The van der Waals surface area contributed by atoms with Gasteiger partial charge in [0.1, 0.15) is 6.61 Å². The van der Waals surface area contributed by atoms with Crippen LogP contribution in [-0.2, 0) is 4.74 Å². The third-order valence-electron chi connectivity index (χ3n) is 1.68. The van der Waals surface area contributed by atoms with E-state index in [1.165, 1.54) is 13.8 Å². The quantitative estimate of drug-likeness (QED) is 0.736. The number of rotatable bonds is 4. The summed E-state index contributed by atoms with van der Waals surface area (Å²) in [7, 11) is 0. The van der Waals surface area contributed by atoms with E-state index < -0.39 is 30.9 Å². The molecule has 0 radical (unpaired) electrons. The van der Waals surface area contributed by atoms with Crippen LogP contribution in [0.25, 0.3) is 0 Å². The molecule has 0 bridgehead atoms. The molecule has 0 saturated carbocycles. The van der Waals surface area contributed by atoms with Crippen molar-refractivity contribution >= 4 is 0 Å². The van der Waals surface area contributed by atoms with E-state index in [2.05, 4.69) is 4.74 Å². The molecule has 0 heterocycles. The lowest BCUT2D eigenvalue weighted by Crippen LogP contribution is -2.43. The molecule has 0 rings (SSSR count). The van der Waals surface area contributed by atoms with Crippen LogP contribution >= 0.6 is 0 Å². The molecule has 0 aliphatic rings. The van der Waals surface area contributed by atoms with Gasteiger partial charge in [0.15, 0.2) is 0 Å². The molecule has 2 N–H and O–H groups in total. The van der Waals surface area contributed by atoms with Crippen LogP contribution < -0.4 is 5.73 Å². The maximum absolute atomic E-state index is 12.3. The second kappa shape index (κ2) is 4.39. The maximum atomic E-state index is 12.3. The Morgan fingerprint density at radius 3 is 1.86 bits per heavy atom. The molecule has 86 valence electrons. The Balaban J connectivity index is 4.13. The van der Waals surface area contributed by atoms with E-state index in [4.69, 9.17) is 5.73 Å². The molecule has 0 saturated heterocycles. The summed E-state index contributed by atoms with van der Waals surface area (Å²) < 4.78 is 63.7. The molecule has 2 nitrogen and oxygen atoms in total. The van der Waals surface area contributed by atoms with Crippen molar-refractivity contribution < 1.29 is 26.7 Å². The molecule has 0 amide bonds. The summed E-state index contributed by atoms with van der Waals surface area (Å²) >= 11 is 0. The van der Waals surface area contributed by atoms with Crippen LogP contribution in [0.1, 0.15) is 13.8 Å². The molecule has 0 aliphatic heterocycles. The second-order valence-electron chi connectivity index (χ2n) is 3.08. The smallest absolute Gasteiger partial charge is 0.370 e. The van der Waals surface area contributed by atoms with Crippen molar-refractivity contribution in [2.75, 3.05) is 6.61 Å². The van der Waals surface area contributed by atoms with E-state index in [9.17, 15) is 22.0 Å². The number of alkyl halides is 5. The molecule has 0 fully saturated rings. The first-order chi connectivity index (χ1) is 6.08. The van der Waals surface area contributed by atoms with E-state index in [1.54, 1.807) is 0 Å². The van der Waals surface area contributed by atoms with Gasteiger partial charge in [0.2, 0.25) is 0 Å². The van der Waals surface area contributed by atoms with E-state index in [-0.39, 0.29) is 0 Å². The number of halogens is 5. The van der Waals surface area contributed by atoms with Gasteiger partial charge in [0.05, 0.1) is 6.10 Å². The van der Waals surface area contributed by atoms with Gasteiger partial charge in [-0.2, -0.15) is 22.0 Å². The number of hydrogen-bond acceptors (Lipinski definition) is 2. The highest BCUT2D eigenvalue weighted by molar-refractivity contribution is 4.76. The zero-order valence-corrected chi connectivity index (χ0v) is 7.74. The average Bonchev–Trinajstić information content (AvgIpc) is 1.97. The Morgan fingerprint density at radius 2 is 1.57 bits per heavy atom. The molecule has 0 aliphatic carbocycles. The predicted molar refractivity (Wildman–Crippen MR) is 40.1 cm³/mol. The van der Waals surface area contributed by atoms with Crippen molar-refractivity contribution in [3.8, 4) is 0 Å². The summed E-state index contributed by atoms with van der Waals surface area (Å²) in [5.74, 6) is -4.82. The van der Waals surface area contributed by atoms with Crippen LogP contribution in [0.15, 0.2) is 0 Å². The van der Waals surface area contributed by atoms with Crippen LogP contribution in [0.3, 0.4) is 0 Å². The van der Waals surface area contributed by atoms with Crippen molar-refractivity contribution in [3.63, 3.8) is 0 Å². The molecule has 0 aromatic rings. The molecule has 2 atom stereocenters. The molecular formula is C7H12F5NO. The summed E-state index contributed by atoms with van der Waals surface area (Å²) in [6, 6.07) is -0.598. The molecule has 0 aromatic carbocycles. The van der Waals surface area contributed by atoms with Crippen molar-refractivity contribution in [1.82, 2.24) is 0 Å². The van der Waals surface area contributed by atoms with Gasteiger partial charge in [0, 0.05) is 6.04 Å². The predicted octanol–water partition coefficient (Wildman–Crippen LogP) is 1.94. The zero-order chi connectivity index (χ0) is 11.6. The lowest BCUT2D eigenvalue weighted by Gasteiger charge is -2.23. The van der Waals surface area contributed by atoms with Gasteiger partial charge >= 0.3 is 12.1 Å². The van der Waals surface area contributed by atoms with Crippen LogP contribution in [-0.4, -0.2) is 30.9 Å². The van der Waals surface area contributed by atoms with Crippen LogP contribution in [0.5, 0.6) is 0 Å². The van der Waals surface area contributed by atoms with Gasteiger partial charge in [-0.05, 0) is 13.8 Å². The number of nitrogens with two attached hydrogens (primary N) is 1. The summed E-state index contributed by atoms with van der Waals surface area (Å²) in [4.78, 5) is 0. The lowest BCUT2D eigenvalue weighted by molar-refractivity contribution is -0.299. The van der Waals surface area contributed by atoms with E-state index in [0.717, 1.165) is 0 Å². The first kappa shape index (κ1) is 13.6. The van der Waals surface area contributed by atoms with Crippen molar-refractivity contribution in [1.29, 1.82) is 0 Å².